The number of carbonyl (C=O) groups excluding carboxylic acids is 3. The summed E-state index contributed by atoms with van der Waals surface area (Å²) in [6, 6.07) is 8.95. The summed E-state index contributed by atoms with van der Waals surface area (Å²) in [6.45, 7) is 1.68. The van der Waals surface area contributed by atoms with E-state index in [-0.39, 0.29) is 36.4 Å². The maximum atomic E-state index is 12.3. The van der Waals surface area contributed by atoms with Crippen molar-refractivity contribution in [3.05, 3.63) is 35.9 Å². The van der Waals surface area contributed by atoms with Crippen molar-refractivity contribution >= 4 is 27.6 Å². The van der Waals surface area contributed by atoms with Gasteiger partial charge in [0, 0.05) is 19.0 Å². The molecule has 1 N–H and O–H groups in total. The third-order valence-corrected chi connectivity index (χ3v) is 6.95. The Morgan fingerprint density at radius 3 is 2.64 bits per heavy atom. The highest BCUT2D eigenvalue weighted by Gasteiger charge is 2.38. The van der Waals surface area contributed by atoms with E-state index in [1.54, 1.807) is 4.90 Å². The first-order valence-electron chi connectivity index (χ1n) is 9.26. The fourth-order valence-corrected chi connectivity index (χ4v) is 5.28. The van der Waals surface area contributed by atoms with Crippen LogP contribution in [0.25, 0.3) is 0 Å². The van der Waals surface area contributed by atoms with E-state index in [1.807, 2.05) is 37.3 Å². The van der Waals surface area contributed by atoms with Crippen LogP contribution in [0.1, 0.15) is 31.4 Å². The van der Waals surface area contributed by atoms with E-state index < -0.39 is 40.3 Å². The number of amides is 2. The fraction of sp³-hybridized carbons (Fsp3) is 0.526. The largest absolute Gasteiger partial charge is 0.455 e. The lowest BCUT2D eigenvalue weighted by atomic mass is 10.1. The minimum atomic E-state index is -3.09. The molecule has 2 aliphatic heterocycles. The van der Waals surface area contributed by atoms with E-state index in [9.17, 15) is 22.8 Å². The standard InChI is InChI=1S/C19H24N2O6S/c1-13(14-5-3-2-4-6-14)21-10-15(9-18(21)23)19(24)27-11-17(22)20-16-7-8-28(25,26)12-16/h2-6,13,15-16H,7-12H2,1H3,(H,20,22)/t13-,15+,16+/m0/s1. The first-order valence-corrected chi connectivity index (χ1v) is 11.1. The zero-order valence-corrected chi connectivity index (χ0v) is 16.5. The van der Waals surface area contributed by atoms with Gasteiger partial charge in [-0.3, -0.25) is 14.4 Å². The van der Waals surface area contributed by atoms with Crippen molar-refractivity contribution in [3.8, 4) is 0 Å². The van der Waals surface area contributed by atoms with Gasteiger partial charge in [0.05, 0.1) is 23.5 Å². The summed E-state index contributed by atoms with van der Waals surface area (Å²) in [5.41, 5.74) is 0.982. The summed E-state index contributed by atoms with van der Waals surface area (Å²) in [5.74, 6) is -1.90. The smallest absolute Gasteiger partial charge is 0.311 e. The Balaban J connectivity index is 1.47. The first-order chi connectivity index (χ1) is 13.2. The first kappa shape index (κ1) is 20.3. The van der Waals surface area contributed by atoms with E-state index in [0.717, 1.165) is 5.56 Å². The van der Waals surface area contributed by atoms with Crippen LogP contribution in [-0.2, 0) is 29.0 Å². The number of carbonyl (C=O) groups is 3. The molecule has 0 aliphatic carbocycles. The molecule has 0 bridgehead atoms. The van der Waals surface area contributed by atoms with Gasteiger partial charge in [0.1, 0.15) is 0 Å². The molecule has 0 saturated carbocycles. The second-order valence-electron chi connectivity index (χ2n) is 7.31. The van der Waals surface area contributed by atoms with Crippen molar-refractivity contribution in [1.29, 1.82) is 0 Å². The number of hydrogen-bond donors (Lipinski definition) is 1. The molecule has 0 spiro atoms. The van der Waals surface area contributed by atoms with Crippen LogP contribution in [-0.4, -0.2) is 61.8 Å². The summed E-state index contributed by atoms with van der Waals surface area (Å²) >= 11 is 0. The summed E-state index contributed by atoms with van der Waals surface area (Å²) in [6.07, 6.45) is 0.421. The molecule has 2 amide bonds. The molecule has 2 saturated heterocycles. The van der Waals surface area contributed by atoms with Gasteiger partial charge >= 0.3 is 5.97 Å². The van der Waals surface area contributed by atoms with Crippen molar-refractivity contribution in [1.82, 2.24) is 10.2 Å². The molecule has 2 aliphatic rings. The molecule has 2 heterocycles. The molecule has 3 atom stereocenters. The molecule has 3 rings (SSSR count). The van der Waals surface area contributed by atoms with Gasteiger partial charge in [0.25, 0.3) is 5.91 Å². The maximum Gasteiger partial charge on any atom is 0.311 e. The molecule has 1 aromatic rings. The maximum absolute atomic E-state index is 12.3. The molecule has 1 aromatic carbocycles. The third kappa shape index (κ3) is 4.89. The molecule has 0 unspecified atom stereocenters. The monoisotopic (exact) mass is 408 g/mol. The Morgan fingerprint density at radius 1 is 1.29 bits per heavy atom. The van der Waals surface area contributed by atoms with Crippen LogP contribution in [0.5, 0.6) is 0 Å². The Labute approximate surface area is 164 Å². The van der Waals surface area contributed by atoms with Crippen LogP contribution in [0.2, 0.25) is 0 Å². The molecule has 0 radical (unpaired) electrons. The van der Waals surface area contributed by atoms with E-state index in [4.69, 9.17) is 4.74 Å². The number of rotatable bonds is 6. The van der Waals surface area contributed by atoms with Crippen LogP contribution < -0.4 is 5.32 Å². The summed E-state index contributed by atoms with van der Waals surface area (Å²) < 4.78 is 27.9. The number of ether oxygens (including phenoxy) is 1. The molecule has 28 heavy (non-hydrogen) atoms. The SMILES string of the molecule is C[C@@H](c1ccccc1)N1C[C@H](C(=O)OCC(=O)N[C@@H]2CCS(=O)(=O)C2)CC1=O. The highest BCUT2D eigenvalue weighted by atomic mass is 32.2. The number of benzene rings is 1. The van der Waals surface area contributed by atoms with Crippen molar-refractivity contribution in [3.63, 3.8) is 0 Å². The van der Waals surface area contributed by atoms with Crippen molar-refractivity contribution in [2.75, 3.05) is 24.7 Å². The zero-order valence-electron chi connectivity index (χ0n) is 15.7. The lowest BCUT2D eigenvalue weighted by molar-refractivity contribution is -0.152. The van der Waals surface area contributed by atoms with Crippen LogP contribution >= 0.6 is 0 Å². The van der Waals surface area contributed by atoms with Crippen molar-refractivity contribution in [2.24, 2.45) is 5.92 Å². The highest BCUT2D eigenvalue weighted by Crippen LogP contribution is 2.28. The molecule has 8 nitrogen and oxygen atoms in total. The Bertz CT molecular complexity index is 854. The normalized spacial score (nSPS) is 24.8. The van der Waals surface area contributed by atoms with Crippen LogP contribution in [0.3, 0.4) is 0 Å². The van der Waals surface area contributed by atoms with E-state index in [0.29, 0.717) is 6.42 Å². The van der Waals surface area contributed by atoms with Gasteiger partial charge < -0.3 is 15.0 Å². The van der Waals surface area contributed by atoms with Gasteiger partial charge in [0.2, 0.25) is 5.91 Å². The van der Waals surface area contributed by atoms with Crippen molar-refractivity contribution in [2.45, 2.75) is 31.8 Å². The quantitative estimate of drug-likeness (QED) is 0.684. The molecule has 2 fully saturated rings. The van der Waals surface area contributed by atoms with Gasteiger partial charge in [-0.15, -0.1) is 0 Å². The van der Waals surface area contributed by atoms with E-state index >= 15 is 0 Å². The van der Waals surface area contributed by atoms with Gasteiger partial charge in [-0.2, -0.15) is 0 Å². The Kier molecular flexibility index (Phi) is 6.02. The minimum Gasteiger partial charge on any atom is -0.455 e. The van der Waals surface area contributed by atoms with Gasteiger partial charge in [0.15, 0.2) is 16.4 Å². The lowest BCUT2D eigenvalue weighted by Gasteiger charge is -2.25. The molecular weight excluding hydrogens is 384 g/mol. The van der Waals surface area contributed by atoms with Crippen LogP contribution in [0.15, 0.2) is 30.3 Å². The van der Waals surface area contributed by atoms with E-state index in [1.165, 1.54) is 0 Å². The minimum absolute atomic E-state index is 0.0529. The summed E-state index contributed by atoms with van der Waals surface area (Å²) in [4.78, 5) is 38.1. The fourth-order valence-electron chi connectivity index (χ4n) is 3.61. The number of nitrogens with one attached hydrogen (secondary N) is 1. The molecular formula is C19H24N2O6S. The second-order valence-corrected chi connectivity index (χ2v) is 9.54. The second kappa shape index (κ2) is 8.30. The topological polar surface area (TPSA) is 110 Å². The average Bonchev–Trinajstić information content (AvgIpc) is 3.21. The highest BCUT2D eigenvalue weighted by molar-refractivity contribution is 7.91. The number of esters is 1. The Morgan fingerprint density at radius 2 is 2.00 bits per heavy atom. The molecule has 152 valence electrons. The number of sulfone groups is 1. The lowest BCUT2D eigenvalue weighted by Crippen LogP contribution is -2.39. The number of hydrogen-bond acceptors (Lipinski definition) is 6. The molecule has 9 heteroatoms. The van der Waals surface area contributed by atoms with Gasteiger partial charge in [-0.25, -0.2) is 8.42 Å². The Hall–Kier alpha value is -2.42. The van der Waals surface area contributed by atoms with E-state index in [2.05, 4.69) is 5.32 Å². The predicted octanol–water partition coefficient (Wildman–Crippen LogP) is 0.443. The van der Waals surface area contributed by atoms with Crippen molar-refractivity contribution < 1.29 is 27.5 Å². The number of nitrogens with zero attached hydrogens (tertiary/aromatic N) is 1. The molecule has 0 aromatic heterocycles. The zero-order chi connectivity index (χ0) is 20.3. The number of likely N-dealkylation sites (tertiary alicyclic amines) is 1. The average molecular weight is 408 g/mol. The van der Waals surface area contributed by atoms with Crippen LogP contribution in [0, 0.1) is 5.92 Å². The van der Waals surface area contributed by atoms with Gasteiger partial charge in [-0.05, 0) is 18.9 Å². The summed E-state index contributed by atoms with van der Waals surface area (Å²) in [7, 11) is -3.09. The van der Waals surface area contributed by atoms with Gasteiger partial charge in [-0.1, -0.05) is 30.3 Å². The third-order valence-electron chi connectivity index (χ3n) is 5.18. The summed E-state index contributed by atoms with van der Waals surface area (Å²) in [5, 5.41) is 2.57. The van der Waals surface area contributed by atoms with Crippen LogP contribution in [0.4, 0.5) is 0 Å². The predicted molar refractivity (Wildman–Crippen MR) is 101 cm³/mol.